The third-order valence-corrected chi connectivity index (χ3v) is 7.08. The molecule has 0 saturated heterocycles. The molecule has 0 bridgehead atoms. The molecule has 0 aliphatic heterocycles. The SMILES string of the molecule is C#Cc1ccccc1C(C(=O)NCCCCC)N(CCCCCCC)C(=O)C(CCSC)NC(=O)OC(C)(C)C. The standard InChI is InChI=1S/C32H51N3O4S/c1-8-11-13-14-18-23-35(30(37)27(21-24-40-7)34-31(38)39-32(4,5)6)28(29(36)33-22-17-12-9-2)26-20-16-15-19-25(26)10-3/h3,15-16,19-20,27-28H,8-9,11-14,17-18,21-24H2,1-2,4-7H3,(H,33,36)(H,34,38). The van der Waals surface area contributed by atoms with Crippen LogP contribution in [-0.2, 0) is 14.3 Å². The molecule has 2 N–H and O–H groups in total. The lowest BCUT2D eigenvalue weighted by atomic mass is 9.96. The van der Waals surface area contributed by atoms with E-state index in [1.54, 1.807) is 43.5 Å². The van der Waals surface area contributed by atoms with Crippen LogP contribution in [0.25, 0.3) is 0 Å². The lowest BCUT2D eigenvalue weighted by Crippen LogP contribution is -2.53. The van der Waals surface area contributed by atoms with Crippen LogP contribution >= 0.6 is 11.8 Å². The molecule has 0 radical (unpaired) electrons. The summed E-state index contributed by atoms with van der Waals surface area (Å²) in [5.41, 5.74) is 0.476. The van der Waals surface area contributed by atoms with Gasteiger partial charge in [-0.1, -0.05) is 76.5 Å². The number of benzene rings is 1. The minimum absolute atomic E-state index is 0.262. The summed E-state index contributed by atoms with van der Waals surface area (Å²) in [7, 11) is 0. The highest BCUT2D eigenvalue weighted by atomic mass is 32.2. The first-order chi connectivity index (χ1) is 19.1. The Bertz CT molecular complexity index is 954. The number of ether oxygens (including phenoxy) is 1. The molecule has 1 rings (SSSR count). The molecule has 0 heterocycles. The monoisotopic (exact) mass is 573 g/mol. The van der Waals surface area contributed by atoms with Crippen molar-refractivity contribution >= 4 is 29.7 Å². The summed E-state index contributed by atoms with van der Waals surface area (Å²) in [6.45, 7) is 10.5. The lowest BCUT2D eigenvalue weighted by molar-refractivity contribution is -0.142. The molecule has 0 aliphatic carbocycles. The van der Waals surface area contributed by atoms with E-state index in [0.29, 0.717) is 36.4 Å². The van der Waals surface area contributed by atoms with Crippen molar-refractivity contribution in [3.05, 3.63) is 35.4 Å². The third kappa shape index (κ3) is 13.1. The highest BCUT2D eigenvalue weighted by Crippen LogP contribution is 2.27. The molecular formula is C32H51N3O4S. The summed E-state index contributed by atoms with van der Waals surface area (Å²) in [4.78, 5) is 42.5. The fraction of sp³-hybridized carbons (Fsp3) is 0.656. The van der Waals surface area contributed by atoms with Crippen LogP contribution in [0.15, 0.2) is 24.3 Å². The number of rotatable bonds is 18. The van der Waals surface area contributed by atoms with E-state index in [2.05, 4.69) is 30.4 Å². The smallest absolute Gasteiger partial charge is 0.408 e. The number of hydrogen-bond donors (Lipinski definition) is 2. The minimum Gasteiger partial charge on any atom is -0.444 e. The average Bonchev–Trinajstić information content (AvgIpc) is 2.91. The van der Waals surface area contributed by atoms with Crippen LogP contribution in [-0.4, -0.2) is 59.5 Å². The van der Waals surface area contributed by atoms with E-state index in [1.807, 2.05) is 24.5 Å². The van der Waals surface area contributed by atoms with Gasteiger partial charge in [-0.15, -0.1) is 6.42 Å². The van der Waals surface area contributed by atoms with Crippen molar-refractivity contribution in [3.63, 3.8) is 0 Å². The topological polar surface area (TPSA) is 87.7 Å². The number of carbonyl (C=O) groups excluding carboxylic acids is 3. The molecule has 7 nitrogen and oxygen atoms in total. The van der Waals surface area contributed by atoms with Gasteiger partial charge >= 0.3 is 6.09 Å². The molecule has 1 aromatic rings. The summed E-state index contributed by atoms with van der Waals surface area (Å²) >= 11 is 1.59. The number of nitrogens with zero attached hydrogens (tertiary/aromatic N) is 1. The van der Waals surface area contributed by atoms with Crippen molar-refractivity contribution in [3.8, 4) is 12.3 Å². The predicted molar refractivity (Wildman–Crippen MR) is 166 cm³/mol. The average molecular weight is 574 g/mol. The second-order valence-corrected chi connectivity index (χ2v) is 12.0. The zero-order valence-corrected chi connectivity index (χ0v) is 26.3. The number of hydrogen-bond acceptors (Lipinski definition) is 5. The van der Waals surface area contributed by atoms with E-state index in [0.717, 1.165) is 51.4 Å². The molecule has 224 valence electrons. The second-order valence-electron chi connectivity index (χ2n) is 11.1. The Morgan fingerprint density at radius 3 is 2.30 bits per heavy atom. The zero-order chi connectivity index (χ0) is 30.0. The maximum absolute atomic E-state index is 14.3. The van der Waals surface area contributed by atoms with Crippen LogP contribution in [0, 0.1) is 12.3 Å². The fourth-order valence-corrected chi connectivity index (χ4v) is 4.87. The zero-order valence-electron chi connectivity index (χ0n) is 25.5. The first kappa shape index (κ1) is 35.4. The van der Waals surface area contributed by atoms with Gasteiger partial charge in [0.25, 0.3) is 0 Å². The first-order valence-electron chi connectivity index (χ1n) is 14.7. The molecule has 0 saturated carbocycles. The Morgan fingerprint density at radius 1 is 1.02 bits per heavy atom. The number of unbranched alkanes of at least 4 members (excludes halogenated alkanes) is 6. The summed E-state index contributed by atoms with van der Waals surface area (Å²) in [5.74, 6) is 2.78. The van der Waals surface area contributed by atoms with Crippen molar-refractivity contribution in [2.45, 2.75) is 110 Å². The highest BCUT2D eigenvalue weighted by Gasteiger charge is 2.36. The molecule has 1 aromatic carbocycles. The Hall–Kier alpha value is -2.66. The molecule has 2 atom stereocenters. The van der Waals surface area contributed by atoms with Crippen LogP contribution in [0.1, 0.15) is 110 Å². The molecule has 0 aromatic heterocycles. The molecule has 0 spiro atoms. The van der Waals surface area contributed by atoms with Crippen molar-refractivity contribution in [2.75, 3.05) is 25.1 Å². The Kier molecular flexibility index (Phi) is 17.2. The molecule has 2 unspecified atom stereocenters. The Balaban J connectivity index is 3.49. The Labute approximate surface area is 246 Å². The van der Waals surface area contributed by atoms with Crippen molar-refractivity contribution in [1.82, 2.24) is 15.5 Å². The van der Waals surface area contributed by atoms with Crippen molar-refractivity contribution < 1.29 is 19.1 Å². The first-order valence-corrected chi connectivity index (χ1v) is 16.1. The summed E-state index contributed by atoms with van der Waals surface area (Å²) < 4.78 is 5.48. The van der Waals surface area contributed by atoms with Gasteiger partial charge < -0.3 is 20.3 Å². The molecule has 40 heavy (non-hydrogen) atoms. The fourth-order valence-electron chi connectivity index (χ4n) is 4.40. The van der Waals surface area contributed by atoms with Crippen LogP contribution in [0.3, 0.4) is 0 Å². The molecule has 0 aliphatic rings. The van der Waals surface area contributed by atoms with Gasteiger partial charge in [0.1, 0.15) is 17.7 Å². The van der Waals surface area contributed by atoms with Gasteiger partial charge in [-0.3, -0.25) is 9.59 Å². The maximum Gasteiger partial charge on any atom is 0.408 e. The maximum atomic E-state index is 14.3. The minimum atomic E-state index is -0.912. The van der Waals surface area contributed by atoms with Crippen LogP contribution in [0.5, 0.6) is 0 Å². The second kappa shape index (κ2) is 19.4. The lowest BCUT2D eigenvalue weighted by Gasteiger charge is -2.35. The van der Waals surface area contributed by atoms with E-state index in [9.17, 15) is 14.4 Å². The summed E-state index contributed by atoms with van der Waals surface area (Å²) in [5, 5.41) is 5.85. The largest absolute Gasteiger partial charge is 0.444 e. The van der Waals surface area contributed by atoms with Crippen molar-refractivity contribution in [1.29, 1.82) is 0 Å². The van der Waals surface area contributed by atoms with Crippen LogP contribution in [0.2, 0.25) is 0 Å². The van der Waals surface area contributed by atoms with E-state index >= 15 is 0 Å². The molecular weight excluding hydrogens is 522 g/mol. The van der Waals surface area contributed by atoms with Gasteiger partial charge in [-0.05, 0) is 63.7 Å². The van der Waals surface area contributed by atoms with Gasteiger partial charge in [-0.25, -0.2) is 4.79 Å². The van der Waals surface area contributed by atoms with Gasteiger partial charge in [0.15, 0.2) is 0 Å². The van der Waals surface area contributed by atoms with Gasteiger partial charge in [0, 0.05) is 18.7 Å². The number of terminal acetylenes is 1. The normalized spacial score (nSPS) is 12.6. The number of nitrogens with one attached hydrogen (secondary N) is 2. The summed E-state index contributed by atoms with van der Waals surface area (Å²) in [6.07, 6.45) is 15.4. The van der Waals surface area contributed by atoms with Crippen molar-refractivity contribution in [2.24, 2.45) is 0 Å². The molecule has 8 heteroatoms. The van der Waals surface area contributed by atoms with E-state index < -0.39 is 23.8 Å². The predicted octanol–water partition coefficient (Wildman–Crippen LogP) is 6.46. The van der Waals surface area contributed by atoms with Gasteiger partial charge in [0.05, 0.1) is 0 Å². The quantitative estimate of drug-likeness (QED) is 0.155. The van der Waals surface area contributed by atoms with E-state index in [-0.39, 0.29) is 11.8 Å². The van der Waals surface area contributed by atoms with Gasteiger partial charge in [-0.2, -0.15) is 11.8 Å². The van der Waals surface area contributed by atoms with Crippen LogP contribution < -0.4 is 10.6 Å². The summed E-state index contributed by atoms with van der Waals surface area (Å²) in [6, 6.07) is 5.52. The molecule has 3 amide bonds. The van der Waals surface area contributed by atoms with Crippen LogP contribution in [0.4, 0.5) is 4.79 Å². The third-order valence-electron chi connectivity index (χ3n) is 6.44. The number of thioether (sulfide) groups is 1. The Morgan fingerprint density at radius 2 is 1.68 bits per heavy atom. The number of carbonyl (C=O) groups is 3. The number of alkyl carbamates (subject to hydrolysis) is 1. The highest BCUT2D eigenvalue weighted by molar-refractivity contribution is 7.98. The van der Waals surface area contributed by atoms with E-state index in [1.165, 1.54) is 0 Å². The van der Waals surface area contributed by atoms with Gasteiger partial charge in [0.2, 0.25) is 11.8 Å². The molecule has 0 fully saturated rings. The van der Waals surface area contributed by atoms with E-state index in [4.69, 9.17) is 11.2 Å². The number of amides is 3.